The van der Waals surface area contributed by atoms with Gasteiger partial charge in [0.15, 0.2) is 0 Å². The zero-order chi connectivity index (χ0) is 13.4. The molecule has 0 radical (unpaired) electrons. The van der Waals surface area contributed by atoms with Gasteiger partial charge in [0.2, 0.25) is 0 Å². The number of nitrogens with two attached hydrogens (primary N) is 1. The van der Waals surface area contributed by atoms with Crippen LogP contribution in [0.3, 0.4) is 0 Å². The molecule has 1 aliphatic carbocycles. The van der Waals surface area contributed by atoms with Gasteiger partial charge in [0, 0.05) is 24.2 Å². The number of halogens is 2. The summed E-state index contributed by atoms with van der Waals surface area (Å²) in [5.74, 6) is -0.306. The van der Waals surface area contributed by atoms with E-state index in [4.69, 9.17) is 22.1 Å². The summed E-state index contributed by atoms with van der Waals surface area (Å²) in [5, 5.41) is 0.423. The fourth-order valence-electron chi connectivity index (χ4n) is 2.92. The normalized spacial score (nSPS) is 28.6. The lowest BCUT2D eigenvalue weighted by Gasteiger charge is -2.41. The van der Waals surface area contributed by atoms with Crippen LogP contribution in [-0.2, 0) is 4.74 Å². The summed E-state index contributed by atoms with van der Waals surface area (Å²) in [4.78, 5) is 2.39. The maximum absolute atomic E-state index is 13.6. The van der Waals surface area contributed by atoms with E-state index >= 15 is 0 Å². The van der Waals surface area contributed by atoms with Crippen molar-refractivity contribution in [3.8, 4) is 0 Å². The van der Waals surface area contributed by atoms with Gasteiger partial charge in [-0.15, -0.1) is 0 Å². The SMILES string of the molecule is NCC1OCCN(C2CC2)C1c1cc(F)cc(Cl)c1. The van der Waals surface area contributed by atoms with E-state index in [1.54, 1.807) is 6.07 Å². The molecule has 3 nitrogen and oxygen atoms in total. The van der Waals surface area contributed by atoms with Gasteiger partial charge in [0.05, 0.1) is 18.8 Å². The lowest BCUT2D eigenvalue weighted by Crippen LogP contribution is -2.49. The second-order valence-electron chi connectivity index (χ2n) is 5.26. The maximum Gasteiger partial charge on any atom is 0.125 e. The molecule has 0 aromatic heterocycles. The standard InChI is InChI=1S/C14H18ClFN2O/c15-10-5-9(6-11(16)7-10)14-13(8-17)19-4-3-18(14)12-1-2-12/h5-7,12-14H,1-4,8,17H2. The number of benzene rings is 1. The van der Waals surface area contributed by atoms with E-state index in [0.717, 1.165) is 12.1 Å². The Morgan fingerprint density at radius 3 is 2.79 bits per heavy atom. The molecule has 1 heterocycles. The van der Waals surface area contributed by atoms with Gasteiger partial charge in [-0.25, -0.2) is 4.39 Å². The Hall–Kier alpha value is -0.680. The molecule has 5 heteroatoms. The Balaban J connectivity index is 1.95. The van der Waals surface area contributed by atoms with Crippen molar-refractivity contribution in [3.63, 3.8) is 0 Å². The van der Waals surface area contributed by atoms with Crippen LogP contribution < -0.4 is 5.73 Å². The molecule has 2 unspecified atom stereocenters. The van der Waals surface area contributed by atoms with E-state index in [2.05, 4.69) is 4.90 Å². The summed E-state index contributed by atoms with van der Waals surface area (Å²) in [7, 11) is 0. The number of hydrogen-bond donors (Lipinski definition) is 1. The highest BCUT2D eigenvalue weighted by atomic mass is 35.5. The zero-order valence-corrected chi connectivity index (χ0v) is 11.4. The molecule has 1 aromatic rings. The van der Waals surface area contributed by atoms with Crippen molar-refractivity contribution in [2.45, 2.75) is 31.0 Å². The van der Waals surface area contributed by atoms with Crippen LogP contribution in [-0.4, -0.2) is 36.7 Å². The van der Waals surface area contributed by atoms with Gasteiger partial charge in [-0.05, 0) is 36.6 Å². The number of nitrogens with zero attached hydrogens (tertiary/aromatic N) is 1. The highest BCUT2D eigenvalue weighted by Crippen LogP contribution is 2.39. The summed E-state index contributed by atoms with van der Waals surface area (Å²) in [6, 6.07) is 5.29. The first-order valence-corrected chi connectivity index (χ1v) is 7.10. The Morgan fingerprint density at radius 1 is 1.37 bits per heavy atom. The topological polar surface area (TPSA) is 38.5 Å². The molecule has 1 aliphatic heterocycles. The van der Waals surface area contributed by atoms with E-state index in [9.17, 15) is 4.39 Å². The van der Waals surface area contributed by atoms with Crippen molar-refractivity contribution in [2.24, 2.45) is 5.73 Å². The van der Waals surface area contributed by atoms with E-state index in [1.807, 2.05) is 6.07 Å². The van der Waals surface area contributed by atoms with Crippen LogP contribution in [0.2, 0.25) is 5.02 Å². The van der Waals surface area contributed by atoms with Gasteiger partial charge in [-0.3, -0.25) is 4.90 Å². The Morgan fingerprint density at radius 2 is 2.16 bits per heavy atom. The second kappa shape index (κ2) is 5.37. The lowest BCUT2D eigenvalue weighted by molar-refractivity contribution is -0.0713. The molecule has 3 rings (SSSR count). The first-order chi connectivity index (χ1) is 9.19. The summed E-state index contributed by atoms with van der Waals surface area (Å²) in [6.07, 6.45) is 2.32. The molecular formula is C14H18ClFN2O. The smallest absolute Gasteiger partial charge is 0.125 e. The molecule has 2 atom stereocenters. The molecule has 2 aliphatic rings. The van der Waals surface area contributed by atoms with E-state index < -0.39 is 0 Å². The molecular weight excluding hydrogens is 267 g/mol. The largest absolute Gasteiger partial charge is 0.374 e. The van der Waals surface area contributed by atoms with Crippen LogP contribution in [0.25, 0.3) is 0 Å². The van der Waals surface area contributed by atoms with Crippen molar-refractivity contribution < 1.29 is 9.13 Å². The van der Waals surface area contributed by atoms with Crippen molar-refractivity contribution in [3.05, 3.63) is 34.6 Å². The summed E-state index contributed by atoms with van der Waals surface area (Å²) in [5.41, 5.74) is 6.68. The van der Waals surface area contributed by atoms with Crippen LogP contribution in [0.5, 0.6) is 0 Å². The van der Waals surface area contributed by atoms with Crippen molar-refractivity contribution in [1.29, 1.82) is 0 Å². The lowest BCUT2D eigenvalue weighted by atomic mass is 9.97. The molecule has 1 saturated heterocycles. The van der Waals surface area contributed by atoms with Crippen LogP contribution >= 0.6 is 11.6 Å². The Bertz CT molecular complexity index is 447. The fourth-order valence-corrected chi connectivity index (χ4v) is 3.15. The predicted molar refractivity (Wildman–Crippen MR) is 72.7 cm³/mol. The van der Waals surface area contributed by atoms with Gasteiger partial charge >= 0.3 is 0 Å². The predicted octanol–water partition coefficient (Wildman–Crippen LogP) is 2.34. The number of hydrogen-bond acceptors (Lipinski definition) is 3. The Labute approximate surface area is 117 Å². The van der Waals surface area contributed by atoms with E-state index in [-0.39, 0.29) is 18.0 Å². The summed E-state index contributed by atoms with van der Waals surface area (Å²) < 4.78 is 19.3. The number of morpholine rings is 1. The molecule has 0 bridgehead atoms. The zero-order valence-electron chi connectivity index (χ0n) is 10.7. The summed E-state index contributed by atoms with van der Waals surface area (Å²) in [6.45, 7) is 2.00. The first-order valence-electron chi connectivity index (χ1n) is 6.72. The molecule has 2 fully saturated rings. The van der Waals surface area contributed by atoms with Crippen LogP contribution in [0.15, 0.2) is 18.2 Å². The van der Waals surface area contributed by atoms with Gasteiger partial charge < -0.3 is 10.5 Å². The van der Waals surface area contributed by atoms with Crippen LogP contribution in [0.4, 0.5) is 4.39 Å². The minimum atomic E-state index is -0.306. The molecule has 2 N–H and O–H groups in total. The van der Waals surface area contributed by atoms with Gasteiger partial charge in [-0.2, -0.15) is 0 Å². The van der Waals surface area contributed by atoms with Gasteiger partial charge in [0.1, 0.15) is 5.82 Å². The Kier molecular flexibility index (Phi) is 3.76. The van der Waals surface area contributed by atoms with Crippen LogP contribution in [0.1, 0.15) is 24.4 Å². The monoisotopic (exact) mass is 284 g/mol. The molecule has 19 heavy (non-hydrogen) atoms. The molecule has 0 amide bonds. The first kappa shape index (κ1) is 13.3. The summed E-state index contributed by atoms with van der Waals surface area (Å²) >= 11 is 5.97. The third-order valence-corrected chi connectivity index (χ3v) is 4.08. The van der Waals surface area contributed by atoms with E-state index in [0.29, 0.717) is 24.2 Å². The molecule has 1 aromatic carbocycles. The highest BCUT2D eigenvalue weighted by molar-refractivity contribution is 6.30. The maximum atomic E-state index is 13.6. The quantitative estimate of drug-likeness (QED) is 0.926. The molecule has 1 saturated carbocycles. The van der Waals surface area contributed by atoms with E-state index in [1.165, 1.54) is 18.9 Å². The van der Waals surface area contributed by atoms with Gasteiger partial charge in [-0.1, -0.05) is 11.6 Å². The minimum absolute atomic E-state index is 0.0134. The fraction of sp³-hybridized carbons (Fsp3) is 0.571. The minimum Gasteiger partial charge on any atom is -0.374 e. The highest BCUT2D eigenvalue weighted by Gasteiger charge is 2.40. The van der Waals surface area contributed by atoms with Crippen molar-refractivity contribution >= 4 is 11.6 Å². The van der Waals surface area contributed by atoms with Crippen molar-refractivity contribution in [1.82, 2.24) is 4.90 Å². The third kappa shape index (κ3) is 2.77. The van der Waals surface area contributed by atoms with Gasteiger partial charge in [0.25, 0.3) is 0 Å². The number of ether oxygens (including phenoxy) is 1. The second-order valence-corrected chi connectivity index (χ2v) is 5.70. The third-order valence-electron chi connectivity index (χ3n) is 3.87. The average molecular weight is 285 g/mol. The van der Waals surface area contributed by atoms with Crippen LogP contribution in [0, 0.1) is 5.82 Å². The average Bonchev–Trinajstić information content (AvgIpc) is 3.20. The molecule has 0 spiro atoms. The number of rotatable bonds is 3. The van der Waals surface area contributed by atoms with Crippen molar-refractivity contribution in [2.75, 3.05) is 19.7 Å². The molecule has 104 valence electrons.